The average Bonchev–Trinajstić information content (AvgIpc) is 2.56. The van der Waals surface area contributed by atoms with E-state index in [-0.39, 0.29) is 5.56 Å². The highest BCUT2D eigenvalue weighted by molar-refractivity contribution is 5.75. The van der Waals surface area contributed by atoms with E-state index in [0.29, 0.717) is 11.3 Å². The molecule has 3 aromatic rings. The van der Waals surface area contributed by atoms with Crippen LogP contribution in [0.5, 0.6) is 0 Å². The molecule has 3 rings (SSSR count). The zero-order valence-corrected chi connectivity index (χ0v) is 13.0. The van der Waals surface area contributed by atoms with Gasteiger partial charge in [0.25, 0.3) is 5.56 Å². The van der Waals surface area contributed by atoms with E-state index >= 15 is 0 Å². The summed E-state index contributed by atoms with van der Waals surface area (Å²) in [4.78, 5) is 23.0. The van der Waals surface area contributed by atoms with Crippen molar-refractivity contribution in [2.75, 3.05) is 0 Å². The van der Waals surface area contributed by atoms with Gasteiger partial charge < -0.3 is 0 Å². The lowest BCUT2D eigenvalue weighted by Crippen LogP contribution is -2.21. The van der Waals surface area contributed by atoms with Gasteiger partial charge in [-0.1, -0.05) is 29.8 Å². The second kappa shape index (κ2) is 6.01. The van der Waals surface area contributed by atoms with E-state index in [1.807, 2.05) is 38.1 Å². The fraction of sp³-hybridized carbons (Fsp3) is 0.105. The summed E-state index contributed by atoms with van der Waals surface area (Å²) in [6, 6.07) is 16.4. The number of hydrogen-bond acceptors (Lipinski definition) is 3. The quantitative estimate of drug-likeness (QED) is 0.697. The number of aryl methyl sites for hydroxylation is 2. The van der Waals surface area contributed by atoms with Crippen molar-refractivity contribution >= 4 is 6.29 Å². The van der Waals surface area contributed by atoms with E-state index in [0.717, 1.165) is 23.1 Å². The SMILES string of the molecule is Cc1ccc(-c2nn(-c3ccc(C=O)cc3)c(=O)cc2C)cc1. The first-order valence-corrected chi connectivity index (χ1v) is 7.32. The Kier molecular flexibility index (Phi) is 3.89. The van der Waals surface area contributed by atoms with Crippen LogP contribution in [0, 0.1) is 13.8 Å². The first-order valence-electron chi connectivity index (χ1n) is 7.32. The van der Waals surface area contributed by atoms with Crippen LogP contribution >= 0.6 is 0 Å². The third-order valence-electron chi connectivity index (χ3n) is 3.72. The third kappa shape index (κ3) is 2.97. The summed E-state index contributed by atoms with van der Waals surface area (Å²) in [6.45, 7) is 3.91. The van der Waals surface area contributed by atoms with Crippen molar-refractivity contribution in [3.63, 3.8) is 0 Å². The molecule has 0 aliphatic rings. The molecule has 4 nitrogen and oxygen atoms in total. The van der Waals surface area contributed by atoms with E-state index < -0.39 is 0 Å². The van der Waals surface area contributed by atoms with E-state index in [2.05, 4.69) is 5.10 Å². The van der Waals surface area contributed by atoms with Crippen LogP contribution in [0.3, 0.4) is 0 Å². The fourth-order valence-electron chi connectivity index (χ4n) is 2.42. The Hall–Kier alpha value is -3.01. The number of benzene rings is 2. The number of hydrogen-bond donors (Lipinski definition) is 0. The predicted octanol–water partition coefficient (Wildman–Crippen LogP) is 3.33. The van der Waals surface area contributed by atoms with Crippen LogP contribution in [0.2, 0.25) is 0 Å². The van der Waals surface area contributed by atoms with Gasteiger partial charge in [0.15, 0.2) is 0 Å². The van der Waals surface area contributed by atoms with E-state index in [4.69, 9.17) is 0 Å². The van der Waals surface area contributed by atoms with E-state index in [1.54, 1.807) is 30.3 Å². The average molecular weight is 304 g/mol. The van der Waals surface area contributed by atoms with E-state index in [9.17, 15) is 9.59 Å². The van der Waals surface area contributed by atoms with Crippen molar-refractivity contribution in [3.05, 3.63) is 81.6 Å². The molecule has 0 saturated carbocycles. The van der Waals surface area contributed by atoms with Gasteiger partial charge in [-0.2, -0.15) is 9.78 Å². The smallest absolute Gasteiger partial charge is 0.271 e. The zero-order chi connectivity index (χ0) is 16.4. The van der Waals surface area contributed by atoms with Crippen molar-refractivity contribution in [1.82, 2.24) is 9.78 Å². The minimum absolute atomic E-state index is 0.197. The lowest BCUT2D eigenvalue weighted by molar-refractivity contribution is 0.112. The monoisotopic (exact) mass is 304 g/mol. The second-order valence-corrected chi connectivity index (χ2v) is 5.50. The Morgan fingerprint density at radius 1 is 0.957 bits per heavy atom. The minimum Gasteiger partial charge on any atom is -0.298 e. The molecule has 0 amide bonds. The van der Waals surface area contributed by atoms with Crippen LogP contribution in [0.4, 0.5) is 0 Å². The molecular weight excluding hydrogens is 288 g/mol. The maximum absolute atomic E-state index is 12.3. The summed E-state index contributed by atoms with van der Waals surface area (Å²) >= 11 is 0. The van der Waals surface area contributed by atoms with Gasteiger partial charge in [-0.25, -0.2) is 0 Å². The molecule has 2 aromatic carbocycles. The topological polar surface area (TPSA) is 52.0 Å². The van der Waals surface area contributed by atoms with Crippen LogP contribution in [-0.2, 0) is 0 Å². The van der Waals surface area contributed by atoms with Gasteiger partial charge in [-0.15, -0.1) is 0 Å². The van der Waals surface area contributed by atoms with Gasteiger partial charge in [-0.05, 0) is 43.7 Å². The highest BCUT2D eigenvalue weighted by Crippen LogP contribution is 2.20. The Labute approximate surface area is 134 Å². The minimum atomic E-state index is -0.197. The molecule has 0 saturated heterocycles. The van der Waals surface area contributed by atoms with Gasteiger partial charge in [-0.3, -0.25) is 9.59 Å². The molecule has 23 heavy (non-hydrogen) atoms. The third-order valence-corrected chi connectivity index (χ3v) is 3.72. The summed E-state index contributed by atoms with van der Waals surface area (Å²) < 4.78 is 1.36. The highest BCUT2D eigenvalue weighted by Gasteiger charge is 2.09. The van der Waals surface area contributed by atoms with Crippen molar-refractivity contribution in [2.24, 2.45) is 0 Å². The first kappa shape index (κ1) is 14.9. The van der Waals surface area contributed by atoms with Crippen molar-refractivity contribution in [2.45, 2.75) is 13.8 Å². The van der Waals surface area contributed by atoms with Gasteiger partial charge in [0, 0.05) is 17.2 Å². The van der Waals surface area contributed by atoms with Gasteiger partial charge >= 0.3 is 0 Å². The summed E-state index contributed by atoms with van der Waals surface area (Å²) in [6.07, 6.45) is 0.771. The molecule has 0 radical (unpaired) electrons. The summed E-state index contributed by atoms with van der Waals surface area (Å²) in [5.74, 6) is 0. The molecule has 0 bridgehead atoms. The first-order chi connectivity index (χ1) is 11.1. The Bertz CT molecular complexity index is 908. The number of rotatable bonds is 3. The largest absolute Gasteiger partial charge is 0.298 e. The lowest BCUT2D eigenvalue weighted by Gasteiger charge is -2.10. The lowest BCUT2D eigenvalue weighted by atomic mass is 10.1. The van der Waals surface area contributed by atoms with Gasteiger partial charge in [0.1, 0.15) is 6.29 Å². The van der Waals surface area contributed by atoms with Crippen molar-refractivity contribution in [1.29, 1.82) is 0 Å². The van der Waals surface area contributed by atoms with Crippen molar-refractivity contribution in [3.8, 4) is 16.9 Å². The zero-order valence-electron chi connectivity index (χ0n) is 13.0. The Morgan fingerprint density at radius 3 is 2.22 bits per heavy atom. The molecule has 114 valence electrons. The molecule has 1 heterocycles. The number of carbonyl (C=O) groups excluding carboxylic acids is 1. The summed E-state index contributed by atoms with van der Waals surface area (Å²) in [5.41, 5.74) is 4.73. The number of nitrogens with zero attached hydrogens (tertiary/aromatic N) is 2. The number of aldehydes is 1. The summed E-state index contributed by atoms with van der Waals surface area (Å²) in [7, 11) is 0. The van der Waals surface area contributed by atoms with Crippen LogP contribution in [-0.4, -0.2) is 16.1 Å². The fourth-order valence-corrected chi connectivity index (χ4v) is 2.42. The van der Waals surface area contributed by atoms with Gasteiger partial charge in [0.05, 0.1) is 11.4 Å². The van der Waals surface area contributed by atoms with Crippen LogP contribution in [0.15, 0.2) is 59.4 Å². The molecular formula is C19H16N2O2. The Balaban J connectivity index is 2.14. The van der Waals surface area contributed by atoms with Crippen LogP contribution in [0.1, 0.15) is 21.5 Å². The highest BCUT2D eigenvalue weighted by atomic mass is 16.1. The predicted molar refractivity (Wildman–Crippen MR) is 90.1 cm³/mol. The molecule has 0 spiro atoms. The maximum Gasteiger partial charge on any atom is 0.271 e. The van der Waals surface area contributed by atoms with Crippen LogP contribution < -0.4 is 5.56 Å². The summed E-state index contributed by atoms with van der Waals surface area (Å²) in [5, 5.41) is 4.51. The number of carbonyl (C=O) groups is 1. The molecule has 0 aliphatic heterocycles. The molecule has 0 N–H and O–H groups in total. The van der Waals surface area contributed by atoms with E-state index in [1.165, 1.54) is 10.2 Å². The van der Waals surface area contributed by atoms with Crippen molar-refractivity contribution < 1.29 is 4.79 Å². The molecule has 1 aromatic heterocycles. The standard InChI is InChI=1S/C19H16N2O2/c1-13-3-7-16(8-4-13)19-14(2)11-18(23)21(20-19)17-9-5-15(12-22)6-10-17/h3-12H,1-2H3. The Morgan fingerprint density at radius 2 is 1.61 bits per heavy atom. The van der Waals surface area contributed by atoms with Gasteiger partial charge in [0.2, 0.25) is 0 Å². The molecule has 0 aliphatic carbocycles. The molecule has 0 fully saturated rings. The normalized spacial score (nSPS) is 10.5. The molecule has 0 unspecified atom stereocenters. The molecule has 0 atom stereocenters. The number of aromatic nitrogens is 2. The maximum atomic E-state index is 12.3. The second-order valence-electron chi connectivity index (χ2n) is 5.50. The molecule has 4 heteroatoms. The van der Waals surface area contributed by atoms with Crippen LogP contribution in [0.25, 0.3) is 16.9 Å².